The fourth-order valence-electron chi connectivity index (χ4n) is 2.68. The van der Waals surface area contributed by atoms with Crippen LogP contribution in [0.3, 0.4) is 0 Å². The van der Waals surface area contributed by atoms with Crippen molar-refractivity contribution in [3.8, 4) is 0 Å². The third kappa shape index (κ3) is 4.02. The van der Waals surface area contributed by atoms with Crippen molar-refractivity contribution in [2.45, 2.75) is 12.5 Å². The number of carbonyl (C=O) groups excluding carboxylic acids is 2. The average Bonchev–Trinajstić information content (AvgIpc) is 3.17. The zero-order chi connectivity index (χ0) is 16.8. The maximum absolute atomic E-state index is 12.3. The van der Waals surface area contributed by atoms with Crippen LogP contribution in [0.15, 0.2) is 53.1 Å². The topological polar surface area (TPSA) is 71.8 Å². The highest BCUT2D eigenvalue weighted by atomic mass is 16.5. The molecule has 24 heavy (non-hydrogen) atoms. The Morgan fingerprint density at radius 3 is 2.75 bits per heavy atom. The van der Waals surface area contributed by atoms with Gasteiger partial charge in [-0.2, -0.15) is 0 Å². The smallest absolute Gasteiger partial charge is 0.286 e. The molecule has 0 saturated carbocycles. The minimum atomic E-state index is -0.308. The summed E-state index contributed by atoms with van der Waals surface area (Å²) in [7, 11) is 0. The molecule has 1 aliphatic heterocycles. The number of rotatable bonds is 5. The van der Waals surface area contributed by atoms with E-state index in [1.807, 2.05) is 30.3 Å². The van der Waals surface area contributed by atoms with E-state index < -0.39 is 0 Å². The predicted molar refractivity (Wildman–Crippen MR) is 87.4 cm³/mol. The largest absolute Gasteiger partial charge is 0.459 e. The number of furan rings is 1. The van der Waals surface area contributed by atoms with Crippen molar-refractivity contribution in [2.75, 3.05) is 26.2 Å². The van der Waals surface area contributed by atoms with E-state index >= 15 is 0 Å². The minimum absolute atomic E-state index is 0.0129. The van der Waals surface area contributed by atoms with Crippen molar-refractivity contribution < 1.29 is 18.7 Å². The molecule has 1 aromatic heterocycles. The van der Waals surface area contributed by atoms with Gasteiger partial charge in [0.25, 0.3) is 5.91 Å². The first kappa shape index (κ1) is 16.3. The van der Waals surface area contributed by atoms with Crippen LogP contribution in [-0.4, -0.2) is 43.0 Å². The van der Waals surface area contributed by atoms with Gasteiger partial charge in [-0.05, 0) is 17.7 Å². The second kappa shape index (κ2) is 7.79. The Morgan fingerprint density at radius 2 is 2.00 bits per heavy atom. The molecule has 6 nitrogen and oxygen atoms in total. The van der Waals surface area contributed by atoms with Crippen LogP contribution in [0.2, 0.25) is 0 Å². The standard InChI is InChI=1S/C18H20N2O4/c21-17(8-9-19-18(22)15-7-4-11-23-15)20-10-12-24-16(13-20)14-5-2-1-3-6-14/h1-7,11,16H,8-10,12-13H2,(H,19,22). The molecule has 1 aliphatic rings. The zero-order valence-corrected chi connectivity index (χ0v) is 13.3. The lowest BCUT2D eigenvalue weighted by Crippen LogP contribution is -2.43. The van der Waals surface area contributed by atoms with Crippen LogP contribution >= 0.6 is 0 Å². The number of nitrogens with one attached hydrogen (secondary N) is 1. The van der Waals surface area contributed by atoms with E-state index in [2.05, 4.69) is 5.32 Å². The van der Waals surface area contributed by atoms with Gasteiger partial charge in [-0.1, -0.05) is 30.3 Å². The van der Waals surface area contributed by atoms with Gasteiger partial charge in [0, 0.05) is 19.5 Å². The fraction of sp³-hybridized carbons (Fsp3) is 0.333. The van der Waals surface area contributed by atoms with Crippen molar-refractivity contribution >= 4 is 11.8 Å². The molecule has 1 aromatic carbocycles. The highest BCUT2D eigenvalue weighted by Crippen LogP contribution is 2.22. The van der Waals surface area contributed by atoms with Crippen LogP contribution in [0.4, 0.5) is 0 Å². The van der Waals surface area contributed by atoms with E-state index in [0.717, 1.165) is 5.56 Å². The van der Waals surface area contributed by atoms with Crippen molar-refractivity contribution in [2.24, 2.45) is 0 Å². The average molecular weight is 328 g/mol. The molecular weight excluding hydrogens is 308 g/mol. The lowest BCUT2D eigenvalue weighted by Gasteiger charge is -2.33. The summed E-state index contributed by atoms with van der Waals surface area (Å²) >= 11 is 0. The van der Waals surface area contributed by atoms with Crippen LogP contribution in [-0.2, 0) is 9.53 Å². The first-order chi connectivity index (χ1) is 11.7. The van der Waals surface area contributed by atoms with Gasteiger partial charge in [0.1, 0.15) is 6.10 Å². The van der Waals surface area contributed by atoms with Gasteiger partial charge in [-0.15, -0.1) is 0 Å². The van der Waals surface area contributed by atoms with E-state index in [0.29, 0.717) is 19.7 Å². The molecular formula is C18H20N2O4. The number of ether oxygens (including phenoxy) is 1. The number of benzene rings is 1. The maximum atomic E-state index is 12.3. The molecule has 1 N–H and O–H groups in total. The Bertz CT molecular complexity index is 670. The second-order valence-electron chi connectivity index (χ2n) is 5.59. The van der Waals surface area contributed by atoms with Crippen LogP contribution in [0.1, 0.15) is 28.6 Å². The zero-order valence-electron chi connectivity index (χ0n) is 13.3. The molecule has 126 valence electrons. The Labute approximate surface area is 140 Å². The van der Waals surface area contributed by atoms with Crippen LogP contribution in [0, 0.1) is 0 Å². The summed E-state index contributed by atoms with van der Waals surface area (Å²) in [6.45, 7) is 1.92. The molecule has 6 heteroatoms. The van der Waals surface area contributed by atoms with Crippen molar-refractivity contribution in [1.29, 1.82) is 0 Å². The fourth-order valence-corrected chi connectivity index (χ4v) is 2.68. The third-order valence-electron chi connectivity index (χ3n) is 3.96. The highest BCUT2D eigenvalue weighted by molar-refractivity contribution is 5.91. The van der Waals surface area contributed by atoms with E-state index in [1.54, 1.807) is 17.0 Å². The summed E-state index contributed by atoms with van der Waals surface area (Å²) in [5.74, 6) is -0.0473. The first-order valence-corrected chi connectivity index (χ1v) is 8.00. The lowest BCUT2D eigenvalue weighted by molar-refractivity contribution is -0.138. The van der Waals surface area contributed by atoms with Crippen LogP contribution in [0.5, 0.6) is 0 Å². The molecule has 0 spiro atoms. The normalized spacial score (nSPS) is 17.5. The number of hydrogen-bond acceptors (Lipinski definition) is 4. The monoisotopic (exact) mass is 328 g/mol. The van der Waals surface area contributed by atoms with Crippen molar-refractivity contribution in [3.63, 3.8) is 0 Å². The number of morpholine rings is 1. The molecule has 1 fully saturated rings. The first-order valence-electron chi connectivity index (χ1n) is 8.00. The quantitative estimate of drug-likeness (QED) is 0.911. The van der Waals surface area contributed by atoms with E-state index in [1.165, 1.54) is 6.26 Å². The molecule has 3 rings (SSSR count). The minimum Gasteiger partial charge on any atom is -0.459 e. The Hall–Kier alpha value is -2.60. The van der Waals surface area contributed by atoms with E-state index in [9.17, 15) is 9.59 Å². The number of carbonyl (C=O) groups is 2. The molecule has 1 atom stereocenters. The molecule has 2 amide bonds. The number of amides is 2. The van der Waals surface area contributed by atoms with Gasteiger partial charge in [0.15, 0.2) is 5.76 Å². The number of nitrogens with zero attached hydrogens (tertiary/aromatic N) is 1. The Balaban J connectivity index is 1.47. The Kier molecular flexibility index (Phi) is 5.28. The maximum Gasteiger partial charge on any atom is 0.286 e. The van der Waals surface area contributed by atoms with Crippen LogP contribution in [0.25, 0.3) is 0 Å². The van der Waals surface area contributed by atoms with Gasteiger partial charge in [-0.25, -0.2) is 0 Å². The van der Waals surface area contributed by atoms with Gasteiger partial charge < -0.3 is 19.4 Å². The highest BCUT2D eigenvalue weighted by Gasteiger charge is 2.25. The van der Waals surface area contributed by atoms with Gasteiger partial charge >= 0.3 is 0 Å². The second-order valence-corrected chi connectivity index (χ2v) is 5.59. The summed E-state index contributed by atoms with van der Waals surface area (Å²) in [5.41, 5.74) is 1.07. The van der Waals surface area contributed by atoms with Gasteiger partial charge in [0.05, 0.1) is 19.4 Å². The van der Waals surface area contributed by atoms with Crippen molar-refractivity contribution in [3.05, 3.63) is 60.1 Å². The third-order valence-corrected chi connectivity index (χ3v) is 3.96. The van der Waals surface area contributed by atoms with E-state index in [4.69, 9.17) is 9.15 Å². The summed E-state index contributed by atoms with van der Waals surface area (Å²) in [6, 6.07) is 13.1. The number of hydrogen-bond donors (Lipinski definition) is 1. The van der Waals surface area contributed by atoms with Gasteiger partial charge in [0.2, 0.25) is 5.91 Å². The van der Waals surface area contributed by atoms with E-state index in [-0.39, 0.29) is 36.6 Å². The lowest BCUT2D eigenvalue weighted by atomic mass is 10.1. The SMILES string of the molecule is O=C(NCCC(=O)N1CCOC(c2ccccc2)C1)c1ccco1. The molecule has 0 aliphatic carbocycles. The summed E-state index contributed by atoms with van der Waals surface area (Å²) in [4.78, 5) is 25.9. The van der Waals surface area contributed by atoms with Gasteiger partial charge in [-0.3, -0.25) is 9.59 Å². The summed E-state index contributed by atoms with van der Waals surface area (Å²) in [5, 5.41) is 2.69. The predicted octanol–water partition coefficient (Wildman–Crippen LogP) is 2.00. The molecule has 0 radical (unpaired) electrons. The molecule has 2 heterocycles. The molecule has 1 saturated heterocycles. The summed E-state index contributed by atoms with van der Waals surface area (Å²) < 4.78 is 10.8. The summed E-state index contributed by atoms with van der Waals surface area (Å²) in [6.07, 6.45) is 1.60. The molecule has 0 bridgehead atoms. The Morgan fingerprint density at radius 1 is 1.17 bits per heavy atom. The van der Waals surface area contributed by atoms with Crippen LogP contribution < -0.4 is 5.32 Å². The molecule has 1 unspecified atom stereocenters. The van der Waals surface area contributed by atoms with Crippen molar-refractivity contribution in [1.82, 2.24) is 10.2 Å². The molecule has 2 aromatic rings.